The molecule has 0 saturated heterocycles. The van der Waals surface area contributed by atoms with Crippen LogP contribution in [-0.2, 0) is 4.79 Å². The molecule has 0 saturated carbocycles. The second kappa shape index (κ2) is 5.42. The van der Waals surface area contributed by atoms with Gasteiger partial charge in [0.2, 0.25) is 5.91 Å². The third kappa shape index (κ3) is 3.82. The predicted octanol–water partition coefficient (Wildman–Crippen LogP) is 1.43. The number of carbonyl (C=O) groups excluding carboxylic acids is 1. The first-order chi connectivity index (χ1) is 5.61. The third-order valence-corrected chi connectivity index (χ3v) is 1.39. The number of amides is 1. The van der Waals surface area contributed by atoms with Gasteiger partial charge in [0.25, 0.3) is 0 Å². The van der Waals surface area contributed by atoms with E-state index in [-0.39, 0.29) is 5.91 Å². The van der Waals surface area contributed by atoms with Crippen LogP contribution in [0.5, 0.6) is 0 Å². The summed E-state index contributed by atoms with van der Waals surface area (Å²) in [6.07, 6.45) is 6.71. The maximum absolute atomic E-state index is 11.3. The minimum Gasteiger partial charge on any atom is -0.328 e. The Morgan fingerprint density at radius 3 is 2.50 bits per heavy atom. The van der Waals surface area contributed by atoms with Crippen molar-refractivity contribution in [3.8, 4) is 12.3 Å². The van der Waals surface area contributed by atoms with Gasteiger partial charge in [-0.1, -0.05) is 11.5 Å². The molecule has 0 fully saturated rings. The highest BCUT2D eigenvalue weighted by molar-refractivity contribution is 5.88. The molecule has 0 aliphatic rings. The molecule has 0 bridgehead atoms. The van der Waals surface area contributed by atoms with Gasteiger partial charge in [-0.05, 0) is 20.8 Å². The number of carbonyl (C=O) groups is 1. The minimum absolute atomic E-state index is 0.00421. The molecule has 12 heavy (non-hydrogen) atoms. The Morgan fingerprint density at radius 1 is 1.58 bits per heavy atom. The van der Waals surface area contributed by atoms with Crippen molar-refractivity contribution in [3.05, 3.63) is 11.6 Å². The number of allylic oxidation sites excluding steroid dienone is 1. The molecule has 0 aromatic heterocycles. The van der Waals surface area contributed by atoms with Crippen LogP contribution in [0.1, 0.15) is 20.8 Å². The Balaban J connectivity index is 4.24. The van der Waals surface area contributed by atoms with Crippen LogP contribution in [-0.4, -0.2) is 23.9 Å². The number of likely N-dealkylation sites (N-methyl/N-ethyl adjacent to an activating group) is 1. The molecular formula is C10H15NO. The molecule has 0 N–H and O–H groups in total. The van der Waals surface area contributed by atoms with E-state index in [4.69, 9.17) is 6.42 Å². The van der Waals surface area contributed by atoms with Crippen molar-refractivity contribution in [2.24, 2.45) is 0 Å². The van der Waals surface area contributed by atoms with Gasteiger partial charge in [0.15, 0.2) is 0 Å². The van der Waals surface area contributed by atoms with E-state index in [9.17, 15) is 4.79 Å². The number of nitrogens with zero attached hydrogens (tertiary/aromatic N) is 1. The first kappa shape index (κ1) is 10.8. The Bertz CT molecular complexity index is 218. The van der Waals surface area contributed by atoms with Crippen molar-refractivity contribution in [1.29, 1.82) is 0 Å². The Labute approximate surface area is 74.3 Å². The monoisotopic (exact) mass is 165 g/mol. The van der Waals surface area contributed by atoms with E-state index in [0.29, 0.717) is 13.1 Å². The highest BCUT2D eigenvalue weighted by atomic mass is 16.2. The SMILES string of the molecule is C#CCN(CC)C(=O)C=C(C)C. The van der Waals surface area contributed by atoms with Crippen LogP contribution in [0, 0.1) is 12.3 Å². The Kier molecular flexibility index (Phi) is 4.87. The largest absolute Gasteiger partial charge is 0.328 e. The van der Waals surface area contributed by atoms with Crippen molar-refractivity contribution in [3.63, 3.8) is 0 Å². The third-order valence-electron chi connectivity index (χ3n) is 1.39. The molecule has 2 nitrogen and oxygen atoms in total. The van der Waals surface area contributed by atoms with Gasteiger partial charge in [-0.25, -0.2) is 0 Å². The van der Waals surface area contributed by atoms with Crippen LogP contribution >= 0.6 is 0 Å². The summed E-state index contributed by atoms with van der Waals surface area (Å²) < 4.78 is 0. The molecule has 0 aliphatic carbocycles. The zero-order valence-corrected chi connectivity index (χ0v) is 7.92. The van der Waals surface area contributed by atoms with Crippen LogP contribution < -0.4 is 0 Å². The summed E-state index contributed by atoms with van der Waals surface area (Å²) in [6.45, 7) is 6.74. The van der Waals surface area contributed by atoms with Gasteiger partial charge in [-0.15, -0.1) is 6.42 Å². The molecule has 0 unspecified atom stereocenters. The number of rotatable bonds is 3. The molecule has 1 amide bonds. The van der Waals surface area contributed by atoms with E-state index in [1.165, 1.54) is 0 Å². The van der Waals surface area contributed by atoms with Gasteiger partial charge in [0.05, 0.1) is 6.54 Å². The smallest absolute Gasteiger partial charge is 0.247 e. The lowest BCUT2D eigenvalue weighted by molar-refractivity contribution is -0.125. The number of hydrogen-bond donors (Lipinski definition) is 0. The standard InChI is InChI=1S/C10H15NO/c1-5-7-11(6-2)10(12)8-9(3)4/h1,8H,6-7H2,2-4H3. The molecule has 0 radical (unpaired) electrons. The maximum Gasteiger partial charge on any atom is 0.247 e. The van der Waals surface area contributed by atoms with Gasteiger partial charge >= 0.3 is 0 Å². The summed E-state index contributed by atoms with van der Waals surface area (Å²) in [6, 6.07) is 0. The quantitative estimate of drug-likeness (QED) is 0.457. The molecule has 0 aromatic rings. The normalized spacial score (nSPS) is 8.50. The van der Waals surface area contributed by atoms with E-state index >= 15 is 0 Å². The molecular weight excluding hydrogens is 150 g/mol. The van der Waals surface area contributed by atoms with Crippen LogP contribution in [0.25, 0.3) is 0 Å². The fraction of sp³-hybridized carbons (Fsp3) is 0.500. The summed E-state index contributed by atoms with van der Waals surface area (Å²) in [5.41, 5.74) is 0.996. The van der Waals surface area contributed by atoms with E-state index in [1.54, 1.807) is 11.0 Å². The Morgan fingerprint density at radius 2 is 2.17 bits per heavy atom. The van der Waals surface area contributed by atoms with E-state index in [0.717, 1.165) is 5.57 Å². The topological polar surface area (TPSA) is 20.3 Å². The molecule has 2 heteroatoms. The fourth-order valence-electron chi connectivity index (χ4n) is 0.794. The second-order valence-corrected chi connectivity index (χ2v) is 2.78. The predicted molar refractivity (Wildman–Crippen MR) is 50.5 cm³/mol. The summed E-state index contributed by atoms with van der Waals surface area (Å²) in [5, 5.41) is 0. The lowest BCUT2D eigenvalue weighted by Crippen LogP contribution is -2.29. The second-order valence-electron chi connectivity index (χ2n) is 2.78. The zero-order valence-electron chi connectivity index (χ0n) is 7.92. The highest BCUT2D eigenvalue weighted by Crippen LogP contribution is 1.94. The van der Waals surface area contributed by atoms with Gasteiger partial charge < -0.3 is 4.90 Å². The van der Waals surface area contributed by atoms with Crippen LogP contribution in [0.3, 0.4) is 0 Å². The van der Waals surface area contributed by atoms with Crippen molar-refractivity contribution in [2.45, 2.75) is 20.8 Å². The van der Waals surface area contributed by atoms with Gasteiger partial charge in [0, 0.05) is 12.6 Å². The molecule has 66 valence electrons. The summed E-state index contributed by atoms with van der Waals surface area (Å²) in [7, 11) is 0. The average Bonchev–Trinajstić information content (AvgIpc) is 1.98. The Hall–Kier alpha value is -1.23. The minimum atomic E-state index is -0.00421. The van der Waals surface area contributed by atoms with Crippen molar-refractivity contribution in [1.82, 2.24) is 4.90 Å². The number of terminal acetylenes is 1. The van der Waals surface area contributed by atoms with E-state index in [2.05, 4.69) is 5.92 Å². The van der Waals surface area contributed by atoms with Crippen LogP contribution in [0.15, 0.2) is 11.6 Å². The maximum atomic E-state index is 11.3. The van der Waals surface area contributed by atoms with Gasteiger partial charge in [-0.3, -0.25) is 4.79 Å². The van der Waals surface area contributed by atoms with Gasteiger partial charge in [0.1, 0.15) is 0 Å². The lowest BCUT2D eigenvalue weighted by Gasteiger charge is -2.15. The molecule has 0 atom stereocenters. The molecule has 0 rings (SSSR count). The van der Waals surface area contributed by atoms with E-state index < -0.39 is 0 Å². The first-order valence-electron chi connectivity index (χ1n) is 3.99. The molecule has 0 spiro atoms. The zero-order chi connectivity index (χ0) is 9.56. The summed E-state index contributed by atoms with van der Waals surface area (Å²) >= 11 is 0. The van der Waals surface area contributed by atoms with Crippen molar-refractivity contribution < 1.29 is 4.79 Å². The van der Waals surface area contributed by atoms with E-state index in [1.807, 2.05) is 20.8 Å². The lowest BCUT2D eigenvalue weighted by atomic mass is 10.3. The molecule has 0 aromatic carbocycles. The molecule has 0 aliphatic heterocycles. The van der Waals surface area contributed by atoms with Crippen molar-refractivity contribution in [2.75, 3.05) is 13.1 Å². The average molecular weight is 165 g/mol. The fourth-order valence-corrected chi connectivity index (χ4v) is 0.794. The number of hydrogen-bond acceptors (Lipinski definition) is 1. The highest BCUT2D eigenvalue weighted by Gasteiger charge is 2.05. The summed E-state index contributed by atoms with van der Waals surface area (Å²) in [4.78, 5) is 12.9. The van der Waals surface area contributed by atoms with Crippen LogP contribution in [0.4, 0.5) is 0 Å². The van der Waals surface area contributed by atoms with Crippen LogP contribution in [0.2, 0.25) is 0 Å². The molecule has 0 heterocycles. The van der Waals surface area contributed by atoms with Crippen molar-refractivity contribution >= 4 is 5.91 Å². The van der Waals surface area contributed by atoms with Gasteiger partial charge in [-0.2, -0.15) is 0 Å². The summed E-state index contributed by atoms with van der Waals surface area (Å²) in [5.74, 6) is 2.44. The first-order valence-corrected chi connectivity index (χ1v) is 3.99.